The summed E-state index contributed by atoms with van der Waals surface area (Å²) in [6.45, 7) is 5.95. The summed E-state index contributed by atoms with van der Waals surface area (Å²) in [6.07, 6.45) is 2.30. The third-order valence-corrected chi connectivity index (χ3v) is 4.42. The van der Waals surface area contributed by atoms with Gasteiger partial charge in [-0.25, -0.2) is 9.42 Å². The number of aromatic nitrogens is 3. The largest absolute Gasteiger partial charge is 0.379 e. The normalized spacial score (nSPS) is 14.9. The van der Waals surface area contributed by atoms with E-state index in [0.717, 1.165) is 5.69 Å². The van der Waals surface area contributed by atoms with Crippen LogP contribution in [0, 0.1) is 0 Å². The van der Waals surface area contributed by atoms with Crippen LogP contribution in [-0.2, 0) is 0 Å². The number of rotatable bonds is 3. The minimum absolute atomic E-state index is 0.00391. The van der Waals surface area contributed by atoms with Gasteiger partial charge in [0.2, 0.25) is 11.5 Å². The fourth-order valence-electron chi connectivity index (χ4n) is 2.84. The molecule has 1 aliphatic rings. The van der Waals surface area contributed by atoms with Gasteiger partial charge in [0.25, 0.3) is 5.91 Å². The summed E-state index contributed by atoms with van der Waals surface area (Å²) < 4.78 is 4.48. The Bertz CT molecular complexity index is 803. The summed E-state index contributed by atoms with van der Waals surface area (Å²) in [5.41, 5.74) is 7.20. The maximum Gasteiger partial charge on any atom is 0.321 e. The number of nitrogens with zero attached hydrogens (tertiary/aromatic N) is 5. The van der Waals surface area contributed by atoms with Crippen LogP contribution >= 0.6 is 0 Å². The van der Waals surface area contributed by atoms with Crippen molar-refractivity contribution in [3.8, 4) is 0 Å². The Hall–Kier alpha value is -3.17. The Balaban J connectivity index is 1.58. The molecule has 3 rings (SSSR count). The molecule has 10 nitrogen and oxygen atoms in total. The first kappa shape index (κ1) is 18.6. The molecule has 3 heterocycles. The van der Waals surface area contributed by atoms with Crippen LogP contribution in [0.3, 0.4) is 0 Å². The third-order valence-electron chi connectivity index (χ3n) is 4.42. The molecule has 2 aromatic rings. The van der Waals surface area contributed by atoms with Crippen molar-refractivity contribution in [3.05, 3.63) is 29.7 Å². The van der Waals surface area contributed by atoms with Crippen LogP contribution in [0.2, 0.25) is 0 Å². The van der Waals surface area contributed by atoms with Gasteiger partial charge >= 0.3 is 6.03 Å². The summed E-state index contributed by atoms with van der Waals surface area (Å²) in [5, 5.41) is 9.83. The quantitative estimate of drug-likeness (QED) is 0.834. The maximum atomic E-state index is 12.5. The molecular weight excluding hydrogens is 350 g/mol. The second kappa shape index (κ2) is 8.02. The van der Waals surface area contributed by atoms with Crippen molar-refractivity contribution in [3.63, 3.8) is 0 Å². The molecule has 0 radical (unpaired) electrons. The molecule has 3 N–H and O–H groups in total. The lowest BCUT2D eigenvalue weighted by Crippen LogP contribution is -2.39. The van der Waals surface area contributed by atoms with Gasteiger partial charge in [0, 0.05) is 31.9 Å². The molecule has 10 heteroatoms. The highest BCUT2D eigenvalue weighted by atomic mass is 16.6. The summed E-state index contributed by atoms with van der Waals surface area (Å²) in [7, 11) is 0. The molecule has 1 fully saturated rings. The van der Waals surface area contributed by atoms with Crippen molar-refractivity contribution in [2.75, 3.05) is 37.2 Å². The lowest BCUT2D eigenvalue weighted by Gasteiger charge is -2.22. The molecule has 0 saturated carbocycles. The van der Waals surface area contributed by atoms with E-state index < -0.39 is 0 Å². The Morgan fingerprint density at radius 3 is 2.52 bits per heavy atom. The number of pyridine rings is 1. The number of hydrogen-bond acceptors (Lipinski definition) is 7. The number of amides is 3. The Morgan fingerprint density at radius 2 is 1.89 bits per heavy atom. The number of urea groups is 1. The van der Waals surface area contributed by atoms with Crippen molar-refractivity contribution < 1.29 is 14.2 Å². The van der Waals surface area contributed by atoms with E-state index >= 15 is 0 Å². The molecule has 0 aliphatic carbocycles. The number of carbonyl (C=O) groups is 2. The second-order valence-corrected chi connectivity index (χ2v) is 6.69. The zero-order chi connectivity index (χ0) is 19.4. The van der Waals surface area contributed by atoms with E-state index in [1.54, 1.807) is 16.0 Å². The highest BCUT2D eigenvalue weighted by Crippen LogP contribution is 2.15. The number of nitrogens with one attached hydrogen (secondary N) is 1. The summed E-state index contributed by atoms with van der Waals surface area (Å²) in [6, 6.07) is 3.53. The number of hydrogen-bond donors (Lipinski definition) is 2. The summed E-state index contributed by atoms with van der Waals surface area (Å²) in [5.74, 6) is -0.0431. The highest BCUT2D eigenvalue weighted by molar-refractivity contribution is 5.96. The van der Waals surface area contributed by atoms with E-state index in [-0.39, 0.29) is 23.5 Å². The summed E-state index contributed by atoms with van der Waals surface area (Å²) >= 11 is 0. The maximum absolute atomic E-state index is 12.5. The van der Waals surface area contributed by atoms with Gasteiger partial charge in [0.15, 0.2) is 0 Å². The lowest BCUT2D eigenvalue weighted by atomic mass is 10.1. The van der Waals surface area contributed by atoms with Crippen LogP contribution in [0.1, 0.15) is 42.4 Å². The average Bonchev–Trinajstić information content (AvgIpc) is 2.92. The standard InChI is InChI=1S/C17H23N7O3/c1-11(2)13-5-4-12(10-19-13)20-17(26)24-7-3-6-23(8-9-24)16(25)14-15(18)22-27-21-14/h4-5,10-11H,3,6-9H2,1-2H3,(H2,18,22)(H,20,26). The van der Waals surface area contributed by atoms with Gasteiger partial charge in [0.05, 0.1) is 11.9 Å². The van der Waals surface area contributed by atoms with Gasteiger partial charge in [-0.05, 0) is 34.8 Å². The fourth-order valence-corrected chi connectivity index (χ4v) is 2.84. The first-order valence-corrected chi connectivity index (χ1v) is 8.85. The van der Waals surface area contributed by atoms with Crippen molar-refractivity contribution >= 4 is 23.4 Å². The topological polar surface area (TPSA) is 130 Å². The molecule has 0 aromatic carbocycles. The Labute approximate surface area is 156 Å². The molecule has 0 spiro atoms. The van der Waals surface area contributed by atoms with Crippen LogP contribution in [-0.4, -0.2) is 63.2 Å². The molecule has 0 unspecified atom stereocenters. The Morgan fingerprint density at radius 1 is 1.15 bits per heavy atom. The van der Waals surface area contributed by atoms with Crippen molar-refractivity contribution in [2.24, 2.45) is 0 Å². The van der Waals surface area contributed by atoms with Crippen LogP contribution in [0.25, 0.3) is 0 Å². The predicted octanol–water partition coefficient (Wildman–Crippen LogP) is 1.55. The molecule has 3 amide bonds. The molecule has 1 saturated heterocycles. The van der Waals surface area contributed by atoms with Crippen LogP contribution in [0.4, 0.5) is 16.3 Å². The number of nitrogen functional groups attached to an aromatic ring is 1. The number of nitrogens with two attached hydrogens (primary N) is 1. The third kappa shape index (κ3) is 4.33. The van der Waals surface area contributed by atoms with Gasteiger partial charge in [0.1, 0.15) is 0 Å². The van der Waals surface area contributed by atoms with Gasteiger partial charge in [-0.1, -0.05) is 13.8 Å². The van der Waals surface area contributed by atoms with Crippen LogP contribution in [0.15, 0.2) is 23.0 Å². The molecular formula is C17H23N7O3. The van der Waals surface area contributed by atoms with Crippen LogP contribution in [0.5, 0.6) is 0 Å². The zero-order valence-electron chi connectivity index (χ0n) is 15.4. The van der Waals surface area contributed by atoms with E-state index in [1.807, 2.05) is 12.1 Å². The van der Waals surface area contributed by atoms with E-state index in [1.165, 1.54) is 0 Å². The molecule has 144 valence electrons. The summed E-state index contributed by atoms with van der Waals surface area (Å²) in [4.78, 5) is 32.6. The van der Waals surface area contributed by atoms with E-state index in [9.17, 15) is 9.59 Å². The van der Waals surface area contributed by atoms with Crippen molar-refractivity contribution in [1.29, 1.82) is 0 Å². The minimum Gasteiger partial charge on any atom is -0.379 e. The van der Waals surface area contributed by atoms with Gasteiger partial charge < -0.3 is 20.9 Å². The Kier molecular flexibility index (Phi) is 5.53. The highest BCUT2D eigenvalue weighted by Gasteiger charge is 2.26. The van der Waals surface area contributed by atoms with Gasteiger partial charge in [-0.3, -0.25) is 9.78 Å². The first-order chi connectivity index (χ1) is 13.0. The zero-order valence-corrected chi connectivity index (χ0v) is 15.4. The SMILES string of the molecule is CC(C)c1ccc(NC(=O)N2CCCN(C(=O)c3nonc3N)CC2)cn1. The predicted molar refractivity (Wildman–Crippen MR) is 98.1 cm³/mol. The van der Waals surface area contributed by atoms with E-state index in [2.05, 4.69) is 39.1 Å². The van der Waals surface area contributed by atoms with Gasteiger partial charge in [-0.2, -0.15) is 0 Å². The molecule has 2 aromatic heterocycles. The minimum atomic E-state index is -0.343. The number of anilines is 2. The first-order valence-electron chi connectivity index (χ1n) is 8.85. The molecule has 27 heavy (non-hydrogen) atoms. The van der Waals surface area contributed by atoms with E-state index in [4.69, 9.17) is 5.73 Å². The van der Waals surface area contributed by atoms with Crippen molar-refractivity contribution in [1.82, 2.24) is 25.1 Å². The van der Waals surface area contributed by atoms with E-state index in [0.29, 0.717) is 44.2 Å². The second-order valence-electron chi connectivity index (χ2n) is 6.69. The molecule has 0 bridgehead atoms. The number of carbonyl (C=O) groups excluding carboxylic acids is 2. The lowest BCUT2D eigenvalue weighted by molar-refractivity contribution is 0.0752. The van der Waals surface area contributed by atoms with Crippen molar-refractivity contribution in [2.45, 2.75) is 26.2 Å². The fraction of sp³-hybridized carbons (Fsp3) is 0.471. The average molecular weight is 373 g/mol. The molecule has 0 atom stereocenters. The monoisotopic (exact) mass is 373 g/mol. The molecule has 1 aliphatic heterocycles. The van der Waals surface area contributed by atoms with Crippen LogP contribution < -0.4 is 11.1 Å². The smallest absolute Gasteiger partial charge is 0.321 e. The van der Waals surface area contributed by atoms with Gasteiger partial charge in [-0.15, -0.1) is 0 Å².